The van der Waals surface area contributed by atoms with Gasteiger partial charge in [0.15, 0.2) is 29.0 Å². The van der Waals surface area contributed by atoms with Gasteiger partial charge in [-0.3, -0.25) is 0 Å². The number of hydrogen-bond acceptors (Lipinski definition) is 5. The molecule has 1 aromatic heterocycles. The van der Waals surface area contributed by atoms with Gasteiger partial charge in [-0.15, -0.1) is 0 Å². The third kappa shape index (κ3) is 2.02. The van der Waals surface area contributed by atoms with Crippen LogP contribution in [-0.4, -0.2) is 23.8 Å². The molecule has 1 aliphatic heterocycles. The number of nitrogens with zero attached hydrogens (tertiary/aromatic N) is 2. The topological polar surface area (TPSA) is 56.3 Å². The number of aryl methyl sites for hydroxylation is 1. The first-order valence-corrected chi connectivity index (χ1v) is 6.29. The molecule has 104 valence electrons. The lowest BCUT2D eigenvalue weighted by Gasteiger charge is -2.08. The maximum absolute atomic E-state index is 13.7. The van der Waals surface area contributed by atoms with E-state index in [1.807, 2.05) is 0 Å². The first-order chi connectivity index (χ1) is 9.60. The van der Waals surface area contributed by atoms with Crippen LogP contribution in [0.1, 0.15) is 5.69 Å². The van der Waals surface area contributed by atoms with Crippen LogP contribution < -0.4 is 14.8 Å². The minimum atomic E-state index is -0.469. The van der Waals surface area contributed by atoms with Crippen LogP contribution in [0, 0.1) is 12.7 Å². The lowest BCUT2D eigenvalue weighted by molar-refractivity contribution is 0.174. The number of fused-ring (bicyclic) bond motifs is 1. The average molecular weight is 296 g/mol. The molecule has 1 aliphatic rings. The predicted molar refractivity (Wildman–Crippen MR) is 72.8 cm³/mol. The monoisotopic (exact) mass is 295 g/mol. The van der Waals surface area contributed by atoms with Crippen molar-refractivity contribution >= 4 is 17.4 Å². The molecule has 7 heteroatoms. The second kappa shape index (κ2) is 4.79. The summed E-state index contributed by atoms with van der Waals surface area (Å²) in [6.07, 6.45) is 0. The third-order valence-electron chi connectivity index (χ3n) is 2.94. The molecule has 0 atom stereocenters. The zero-order chi connectivity index (χ0) is 14.3. The predicted octanol–water partition coefficient (Wildman–Crippen LogP) is 3.01. The number of hydrogen-bond donors (Lipinski definition) is 1. The molecule has 0 saturated heterocycles. The number of benzene rings is 1. The van der Waals surface area contributed by atoms with E-state index >= 15 is 0 Å². The highest BCUT2D eigenvalue weighted by Crippen LogP contribution is 2.41. The largest absolute Gasteiger partial charge is 0.454 e. The second-order valence-electron chi connectivity index (χ2n) is 4.24. The molecule has 0 fully saturated rings. The van der Waals surface area contributed by atoms with Crippen LogP contribution in [0.3, 0.4) is 0 Å². The zero-order valence-corrected chi connectivity index (χ0v) is 11.6. The van der Waals surface area contributed by atoms with E-state index in [0.29, 0.717) is 27.9 Å². The van der Waals surface area contributed by atoms with Crippen LogP contribution in [0.15, 0.2) is 12.1 Å². The fourth-order valence-electron chi connectivity index (χ4n) is 1.95. The van der Waals surface area contributed by atoms with Crippen molar-refractivity contribution in [3.63, 3.8) is 0 Å². The summed E-state index contributed by atoms with van der Waals surface area (Å²) in [6, 6.07) is 3.39. The SMILES string of the molecule is CNc1nc(-c2cc(Cl)c3c(c2)OCO3)nc(C)c1F. The maximum atomic E-state index is 13.7. The van der Waals surface area contributed by atoms with Crippen LogP contribution in [0.25, 0.3) is 11.4 Å². The lowest BCUT2D eigenvalue weighted by atomic mass is 10.2. The minimum absolute atomic E-state index is 0.129. The normalized spacial score (nSPS) is 12.6. The Kier molecular flexibility index (Phi) is 3.10. The van der Waals surface area contributed by atoms with Crippen molar-refractivity contribution in [2.75, 3.05) is 19.2 Å². The van der Waals surface area contributed by atoms with E-state index in [0.717, 1.165) is 0 Å². The molecule has 0 aliphatic carbocycles. The van der Waals surface area contributed by atoms with Crippen molar-refractivity contribution in [3.05, 3.63) is 28.7 Å². The van der Waals surface area contributed by atoms with Gasteiger partial charge in [0.2, 0.25) is 6.79 Å². The van der Waals surface area contributed by atoms with E-state index in [-0.39, 0.29) is 18.3 Å². The third-order valence-corrected chi connectivity index (χ3v) is 3.22. The van der Waals surface area contributed by atoms with Crippen LogP contribution in [-0.2, 0) is 0 Å². The second-order valence-corrected chi connectivity index (χ2v) is 4.64. The lowest BCUT2D eigenvalue weighted by Crippen LogP contribution is -2.03. The number of halogens is 2. The highest BCUT2D eigenvalue weighted by atomic mass is 35.5. The van der Waals surface area contributed by atoms with Gasteiger partial charge in [0.1, 0.15) is 0 Å². The molecule has 20 heavy (non-hydrogen) atoms. The van der Waals surface area contributed by atoms with E-state index in [1.165, 1.54) is 0 Å². The Morgan fingerprint density at radius 1 is 1.30 bits per heavy atom. The Labute approximate surface area is 119 Å². The minimum Gasteiger partial charge on any atom is -0.454 e. The number of rotatable bonds is 2. The highest BCUT2D eigenvalue weighted by molar-refractivity contribution is 6.32. The van der Waals surface area contributed by atoms with Gasteiger partial charge >= 0.3 is 0 Å². The highest BCUT2D eigenvalue weighted by Gasteiger charge is 2.20. The fraction of sp³-hybridized carbons (Fsp3) is 0.231. The quantitative estimate of drug-likeness (QED) is 0.923. The Balaban J connectivity index is 2.14. The Bertz CT molecular complexity index is 685. The molecule has 0 bridgehead atoms. The van der Waals surface area contributed by atoms with Gasteiger partial charge in [0.05, 0.1) is 10.7 Å². The van der Waals surface area contributed by atoms with Crippen LogP contribution in [0.2, 0.25) is 5.02 Å². The van der Waals surface area contributed by atoms with Crippen molar-refractivity contribution in [3.8, 4) is 22.9 Å². The van der Waals surface area contributed by atoms with Gasteiger partial charge in [0, 0.05) is 12.6 Å². The van der Waals surface area contributed by atoms with Gasteiger partial charge in [-0.1, -0.05) is 11.6 Å². The first kappa shape index (κ1) is 12.9. The van der Waals surface area contributed by atoms with E-state index in [2.05, 4.69) is 15.3 Å². The summed E-state index contributed by atoms with van der Waals surface area (Å²) < 4.78 is 24.3. The van der Waals surface area contributed by atoms with Crippen LogP contribution >= 0.6 is 11.6 Å². The van der Waals surface area contributed by atoms with Crippen molar-refractivity contribution in [1.82, 2.24) is 9.97 Å². The summed E-state index contributed by atoms with van der Waals surface area (Å²) in [7, 11) is 1.60. The molecule has 1 aromatic carbocycles. The Hall–Kier alpha value is -2.08. The van der Waals surface area contributed by atoms with Gasteiger partial charge in [-0.05, 0) is 19.1 Å². The van der Waals surface area contributed by atoms with Gasteiger partial charge in [-0.2, -0.15) is 0 Å². The van der Waals surface area contributed by atoms with Crippen molar-refractivity contribution in [2.45, 2.75) is 6.92 Å². The number of nitrogens with one attached hydrogen (secondary N) is 1. The molecule has 3 rings (SSSR count). The Morgan fingerprint density at radius 3 is 2.85 bits per heavy atom. The van der Waals surface area contributed by atoms with Crippen molar-refractivity contribution in [2.24, 2.45) is 0 Å². The number of ether oxygens (including phenoxy) is 2. The molecule has 1 N–H and O–H groups in total. The van der Waals surface area contributed by atoms with Gasteiger partial charge in [-0.25, -0.2) is 14.4 Å². The van der Waals surface area contributed by atoms with Crippen molar-refractivity contribution < 1.29 is 13.9 Å². The molecule has 0 spiro atoms. The number of aromatic nitrogens is 2. The molecule has 5 nitrogen and oxygen atoms in total. The Morgan fingerprint density at radius 2 is 2.10 bits per heavy atom. The zero-order valence-electron chi connectivity index (χ0n) is 10.8. The summed E-state index contributed by atoms with van der Waals surface area (Å²) in [4.78, 5) is 8.27. The molecular formula is C13H11ClFN3O2. The smallest absolute Gasteiger partial charge is 0.231 e. The van der Waals surface area contributed by atoms with Crippen LogP contribution in [0.5, 0.6) is 11.5 Å². The van der Waals surface area contributed by atoms with E-state index in [1.54, 1.807) is 26.1 Å². The number of anilines is 1. The molecular weight excluding hydrogens is 285 g/mol. The summed E-state index contributed by atoms with van der Waals surface area (Å²) in [5.41, 5.74) is 0.895. The summed E-state index contributed by atoms with van der Waals surface area (Å²) in [6.45, 7) is 1.71. The average Bonchev–Trinajstić information content (AvgIpc) is 2.90. The van der Waals surface area contributed by atoms with Crippen molar-refractivity contribution in [1.29, 1.82) is 0 Å². The summed E-state index contributed by atoms with van der Waals surface area (Å²) >= 11 is 6.12. The molecule has 2 heterocycles. The van der Waals surface area contributed by atoms with Crippen LogP contribution in [0.4, 0.5) is 10.2 Å². The van der Waals surface area contributed by atoms with Gasteiger partial charge < -0.3 is 14.8 Å². The first-order valence-electron chi connectivity index (χ1n) is 5.91. The summed E-state index contributed by atoms with van der Waals surface area (Å²) in [5, 5.41) is 3.11. The standard InChI is InChI=1S/C13H11ClFN3O2/c1-6-10(15)13(16-2)18-12(17-6)7-3-8(14)11-9(4-7)19-5-20-11/h3-4H,5H2,1-2H3,(H,16,17,18). The molecule has 0 amide bonds. The molecule has 0 unspecified atom stereocenters. The van der Waals surface area contributed by atoms with E-state index in [9.17, 15) is 4.39 Å². The van der Waals surface area contributed by atoms with Gasteiger partial charge in [0.25, 0.3) is 0 Å². The van der Waals surface area contributed by atoms with E-state index < -0.39 is 5.82 Å². The summed E-state index contributed by atoms with van der Waals surface area (Å²) in [5.74, 6) is 1.07. The molecule has 2 aromatic rings. The maximum Gasteiger partial charge on any atom is 0.231 e. The molecule has 0 radical (unpaired) electrons. The molecule has 0 saturated carbocycles. The fourth-order valence-corrected chi connectivity index (χ4v) is 2.22. The van der Waals surface area contributed by atoms with E-state index in [4.69, 9.17) is 21.1 Å².